The lowest BCUT2D eigenvalue weighted by Gasteiger charge is -1.52. The summed E-state index contributed by atoms with van der Waals surface area (Å²) in [5.41, 5.74) is 1.22. The molecule has 0 rings (SSSR count). The summed E-state index contributed by atoms with van der Waals surface area (Å²) in [5.74, 6) is 0. The van der Waals surface area contributed by atoms with E-state index >= 15 is 0 Å². The second-order valence-electron chi connectivity index (χ2n) is 0.471. The van der Waals surface area contributed by atoms with Gasteiger partial charge in [0.15, 0.2) is 0 Å². The third-order valence-corrected chi connectivity index (χ3v) is 0. The van der Waals surface area contributed by atoms with Crippen molar-refractivity contribution in [2.24, 2.45) is 0 Å². The fourth-order valence-corrected chi connectivity index (χ4v) is 0. The molecule has 0 amide bonds. The summed E-state index contributed by atoms with van der Waals surface area (Å²) in [6.07, 6.45) is 0. The molecule has 6 heavy (non-hydrogen) atoms. The molecule has 0 unspecified atom stereocenters. The smallest absolute Gasteiger partial charge is 0.0402 e. The number of aliphatic hydroxyl groups excluding tert-OH is 1. The zero-order valence-corrected chi connectivity index (χ0v) is 4.57. The van der Waals surface area contributed by atoms with Crippen molar-refractivity contribution in [2.45, 2.75) is 6.92 Å². The minimum Gasteiger partial charge on any atom is -0.397 e. The highest BCUT2D eigenvalue weighted by molar-refractivity contribution is 6.25. The van der Waals surface area contributed by atoms with Gasteiger partial charge in [-0.2, -0.15) is 0 Å². The fraction of sp³-hybridized carbons (Fsp3) is 0.500. The van der Waals surface area contributed by atoms with Crippen molar-refractivity contribution < 1.29 is 5.11 Å². The van der Waals surface area contributed by atoms with Gasteiger partial charge in [-0.05, 0) is 12.5 Å². The van der Waals surface area contributed by atoms with E-state index in [4.69, 9.17) is 16.7 Å². The molecule has 0 heterocycles. The topological polar surface area (TPSA) is 20.2 Å². The minimum absolute atomic E-state index is 0.250. The highest BCUT2D eigenvalue weighted by atomic mass is 35.5. The van der Waals surface area contributed by atoms with Gasteiger partial charge >= 0.3 is 0 Å². The molecule has 0 saturated carbocycles. The van der Waals surface area contributed by atoms with Crippen LogP contribution in [-0.2, 0) is 0 Å². The predicted molar refractivity (Wildman–Crippen MR) is 28.8 cm³/mol. The Labute approximate surface area is 43.2 Å². The molecule has 2 heteroatoms. The van der Waals surface area contributed by atoms with Crippen LogP contribution < -0.4 is 0 Å². The summed E-state index contributed by atoms with van der Waals surface area (Å²) in [5, 5.41) is 7.57. The molecule has 0 aromatic carbocycles. The van der Waals surface area contributed by atoms with Crippen LogP contribution in [0.3, 0.4) is 0 Å². The summed E-state index contributed by atoms with van der Waals surface area (Å²) in [7, 11) is 0. The third kappa shape index (κ3) is 357000. The normalized spacial score (nSPS) is 5.17. The summed E-state index contributed by atoms with van der Waals surface area (Å²) in [4.78, 5) is 0. The molecule has 1 N–H and O–H groups in total. The van der Waals surface area contributed by atoms with E-state index in [1.807, 2.05) is 0 Å². The molecule has 0 aliphatic heterocycles. The maximum absolute atomic E-state index is 7.57. The second kappa shape index (κ2) is 20.1. The lowest BCUT2D eigenvalue weighted by atomic mass is 10.9. The van der Waals surface area contributed by atoms with Crippen LogP contribution in [0.2, 0.25) is 0 Å². The first-order valence-electron chi connectivity index (χ1n) is 1.65. The van der Waals surface area contributed by atoms with Crippen molar-refractivity contribution in [1.29, 1.82) is 0 Å². The Morgan fingerprint density at radius 1 is 2.00 bits per heavy atom. The van der Waals surface area contributed by atoms with Crippen molar-refractivity contribution in [2.75, 3.05) is 6.61 Å². The number of halogens is 1. The maximum atomic E-state index is 7.57. The van der Waals surface area contributed by atoms with Crippen LogP contribution in [0.4, 0.5) is 0 Å². The molecule has 0 atom stereocenters. The number of hydrogen-bond acceptors (Lipinski definition) is 1. The van der Waals surface area contributed by atoms with Gasteiger partial charge in [-0.3, -0.25) is 0 Å². The van der Waals surface area contributed by atoms with Crippen LogP contribution >= 0.6 is 11.6 Å². The van der Waals surface area contributed by atoms with Crippen molar-refractivity contribution in [1.82, 2.24) is 0 Å². The van der Waals surface area contributed by atoms with Gasteiger partial charge in [0.2, 0.25) is 0 Å². The number of hydrogen-bond donors (Lipinski definition) is 1. The molecular formula is C4H9ClO. The average molecular weight is 109 g/mol. The summed E-state index contributed by atoms with van der Waals surface area (Å²) in [6.45, 7) is 5.06. The van der Waals surface area contributed by atoms with E-state index in [-0.39, 0.29) is 6.61 Å². The van der Waals surface area contributed by atoms with Gasteiger partial charge in [0.25, 0.3) is 0 Å². The zero-order valence-electron chi connectivity index (χ0n) is 3.82. The molecule has 1 nitrogen and oxygen atoms in total. The first-order valence-corrected chi connectivity index (χ1v) is 2.09. The van der Waals surface area contributed by atoms with Crippen molar-refractivity contribution in [3.05, 3.63) is 12.1 Å². The Bertz CT molecular complexity index is 21.5. The van der Waals surface area contributed by atoms with E-state index in [0.29, 0.717) is 0 Å². The third-order valence-electron chi connectivity index (χ3n) is 0. The Hall–Kier alpha value is -0.0100. The number of rotatable bonds is 0. The van der Waals surface area contributed by atoms with Gasteiger partial charge in [0.05, 0.1) is 0 Å². The van der Waals surface area contributed by atoms with Crippen molar-refractivity contribution in [3.63, 3.8) is 0 Å². The van der Waals surface area contributed by atoms with Gasteiger partial charge in [-0.25, -0.2) is 0 Å². The maximum Gasteiger partial charge on any atom is 0.0402 e. The van der Waals surface area contributed by atoms with Crippen molar-refractivity contribution >= 4 is 11.6 Å². The van der Waals surface area contributed by atoms with E-state index in [9.17, 15) is 0 Å². The lowest BCUT2D eigenvalue weighted by molar-refractivity contribution is 0.318. The highest BCUT2D eigenvalue weighted by Crippen LogP contribution is 1.60. The van der Waals surface area contributed by atoms with Gasteiger partial charge in [0, 0.05) is 6.61 Å². The van der Waals surface area contributed by atoms with Crippen LogP contribution in [0.25, 0.3) is 0 Å². The predicted octanol–water partition coefficient (Wildman–Crippen LogP) is 1.37. The second-order valence-corrected chi connectivity index (χ2v) is 0.779. The van der Waals surface area contributed by atoms with E-state index < -0.39 is 0 Å². The SMILES string of the molecule is C=CCl.CCO. The molecule has 0 aliphatic rings. The van der Waals surface area contributed by atoms with Crippen LogP contribution in [0.5, 0.6) is 0 Å². The minimum atomic E-state index is 0.250. The largest absolute Gasteiger partial charge is 0.397 e. The van der Waals surface area contributed by atoms with Crippen LogP contribution in [0, 0.1) is 0 Å². The summed E-state index contributed by atoms with van der Waals surface area (Å²) in [6, 6.07) is 0. The Balaban J connectivity index is 0. The fourth-order valence-electron chi connectivity index (χ4n) is 0. The molecule has 0 aromatic heterocycles. The molecule has 0 saturated heterocycles. The molecule has 0 aromatic rings. The molecule has 0 fully saturated rings. The van der Waals surface area contributed by atoms with Crippen LogP contribution in [0.15, 0.2) is 12.1 Å². The summed E-state index contributed by atoms with van der Waals surface area (Å²) >= 11 is 4.76. The molecule has 0 aliphatic carbocycles. The van der Waals surface area contributed by atoms with E-state index in [1.54, 1.807) is 6.92 Å². The summed E-state index contributed by atoms with van der Waals surface area (Å²) < 4.78 is 0. The molecule has 0 radical (unpaired) electrons. The molecule has 0 bridgehead atoms. The van der Waals surface area contributed by atoms with Gasteiger partial charge in [-0.15, -0.1) is 0 Å². The Morgan fingerprint density at radius 3 is 2.00 bits per heavy atom. The van der Waals surface area contributed by atoms with Crippen molar-refractivity contribution in [3.8, 4) is 0 Å². The van der Waals surface area contributed by atoms with E-state index in [2.05, 4.69) is 6.58 Å². The zero-order chi connectivity index (χ0) is 5.41. The van der Waals surface area contributed by atoms with Crippen LogP contribution in [-0.4, -0.2) is 11.7 Å². The monoisotopic (exact) mass is 108 g/mol. The molecule has 0 spiro atoms. The average Bonchev–Trinajstić information content (AvgIpc) is 1.39. The van der Waals surface area contributed by atoms with E-state index in [0.717, 1.165) is 0 Å². The van der Waals surface area contributed by atoms with Gasteiger partial charge < -0.3 is 5.11 Å². The Kier molecular flexibility index (Phi) is 31.3. The standard InChI is InChI=1S/C2H3Cl.C2H6O/c2*1-2-3/h2H,1H2;3H,2H2,1H3. The first-order chi connectivity index (χ1) is 2.83. The van der Waals surface area contributed by atoms with Gasteiger partial charge in [0.1, 0.15) is 0 Å². The molecular weight excluding hydrogens is 99.5 g/mol. The Morgan fingerprint density at radius 2 is 2.00 bits per heavy atom. The first kappa shape index (κ1) is 9.37. The highest BCUT2D eigenvalue weighted by Gasteiger charge is 1.34. The van der Waals surface area contributed by atoms with Crippen LogP contribution in [0.1, 0.15) is 6.92 Å². The van der Waals surface area contributed by atoms with Gasteiger partial charge in [-0.1, -0.05) is 18.2 Å². The number of aliphatic hydroxyl groups is 1. The van der Waals surface area contributed by atoms with E-state index in [1.165, 1.54) is 5.54 Å². The molecule has 38 valence electrons. The quantitative estimate of drug-likeness (QED) is 0.497. The lowest BCUT2D eigenvalue weighted by Crippen LogP contribution is -1.57.